The van der Waals surface area contributed by atoms with E-state index in [1.165, 1.54) is 0 Å². The Kier molecular flexibility index (Phi) is 11.5. The van der Waals surface area contributed by atoms with E-state index >= 15 is 0 Å². The van der Waals surface area contributed by atoms with Gasteiger partial charge in [0.05, 0.1) is 0 Å². The minimum atomic E-state index is -5.17. The molecule has 4 nitrogen and oxygen atoms in total. The van der Waals surface area contributed by atoms with E-state index in [1.54, 1.807) is 0 Å². The fraction of sp³-hybridized carbons (Fsp3) is 0. The maximum Gasteiger partial charge on any atom is 2.00 e. The number of hydrogen-bond donors (Lipinski definition) is 0. The second-order valence-corrected chi connectivity index (χ2v) is 1.22. The summed E-state index contributed by atoms with van der Waals surface area (Å²) in [6.07, 6.45) is 0. The Hall–Kier alpha value is 1.000. The molecule has 0 bridgehead atoms. The van der Waals surface area contributed by atoms with Crippen molar-refractivity contribution in [3.05, 3.63) is 0 Å². The van der Waals surface area contributed by atoms with E-state index in [0.717, 1.165) is 0 Å². The van der Waals surface area contributed by atoms with Crippen LogP contribution in [0.4, 0.5) is 0 Å². The third kappa shape index (κ3) is 175. The third-order valence-corrected chi connectivity index (χ3v) is 0. The van der Waals surface area contributed by atoms with Gasteiger partial charge in [-0.15, -0.1) is 0 Å². The molecule has 0 aromatic heterocycles. The first-order valence-electron chi connectivity index (χ1n) is 0.667. The van der Waals surface area contributed by atoms with Gasteiger partial charge in [-0.3, -0.25) is 8.42 Å². The SMILES string of the molecule is O=S(=O)([O-])[O-].[Co+2].[Zn]. The molecule has 0 saturated heterocycles. The van der Waals surface area contributed by atoms with Crippen LogP contribution in [0.25, 0.3) is 0 Å². The molecule has 0 fully saturated rings. The molecule has 0 aromatic rings. The van der Waals surface area contributed by atoms with E-state index in [4.69, 9.17) is 17.5 Å². The van der Waals surface area contributed by atoms with E-state index in [9.17, 15) is 0 Å². The molecule has 7 heavy (non-hydrogen) atoms. The molecule has 0 spiro atoms. The van der Waals surface area contributed by atoms with Gasteiger partial charge in [0, 0.05) is 29.9 Å². The molecule has 0 heterocycles. The predicted molar refractivity (Wildman–Crippen MR) is 10.5 cm³/mol. The molecule has 0 amide bonds. The average molecular weight is 220 g/mol. The Morgan fingerprint density at radius 3 is 1.14 bits per heavy atom. The van der Waals surface area contributed by atoms with Crippen molar-refractivity contribution in [3.63, 3.8) is 0 Å². The molecule has 0 unspecified atom stereocenters. The normalized spacial score (nSPS) is 8.29. The number of hydrogen-bond acceptors (Lipinski definition) is 4. The second-order valence-electron chi connectivity index (χ2n) is 0.408. The Morgan fingerprint density at radius 1 is 1.14 bits per heavy atom. The number of rotatable bonds is 0. The van der Waals surface area contributed by atoms with Crippen LogP contribution in [0, 0.1) is 0 Å². The fourth-order valence-corrected chi connectivity index (χ4v) is 0. The van der Waals surface area contributed by atoms with Crippen LogP contribution >= 0.6 is 0 Å². The predicted octanol–water partition coefficient (Wildman–Crippen LogP) is -1.34. The van der Waals surface area contributed by atoms with Gasteiger partial charge in [-0.2, -0.15) is 0 Å². The summed E-state index contributed by atoms with van der Waals surface area (Å²) in [5.74, 6) is 0. The van der Waals surface area contributed by atoms with Crippen LogP contribution in [0.5, 0.6) is 0 Å². The molecular weight excluding hydrogens is 220 g/mol. The van der Waals surface area contributed by atoms with E-state index in [0.29, 0.717) is 0 Å². The smallest absolute Gasteiger partial charge is 0.759 e. The average Bonchev–Trinajstić information content (AvgIpc) is 0.722. The van der Waals surface area contributed by atoms with E-state index in [-0.39, 0.29) is 36.3 Å². The van der Waals surface area contributed by atoms with Crippen LogP contribution in [0.1, 0.15) is 0 Å². The van der Waals surface area contributed by atoms with Gasteiger partial charge in [-0.05, 0) is 0 Å². The molecule has 0 aliphatic carbocycles. The van der Waals surface area contributed by atoms with Gasteiger partial charge in [-0.25, -0.2) is 0 Å². The van der Waals surface area contributed by atoms with E-state index < -0.39 is 10.4 Å². The molecule has 1 radical (unpaired) electrons. The zero-order chi connectivity index (χ0) is 4.50. The van der Waals surface area contributed by atoms with Crippen LogP contribution < -0.4 is 0 Å². The van der Waals surface area contributed by atoms with Gasteiger partial charge >= 0.3 is 16.8 Å². The summed E-state index contributed by atoms with van der Waals surface area (Å²) in [4.78, 5) is 0. The van der Waals surface area contributed by atoms with Crippen LogP contribution in [0.15, 0.2) is 0 Å². The Balaban J connectivity index is -0.0000000800. The summed E-state index contributed by atoms with van der Waals surface area (Å²) in [7, 11) is -5.17. The topological polar surface area (TPSA) is 80.3 Å². The van der Waals surface area contributed by atoms with Gasteiger partial charge < -0.3 is 9.11 Å². The van der Waals surface area contributed by atoms with Crippen LogP contribution in [0.3, 0.4) is 0 Å². The first-order chi connectivity index (χ1) is 2.00. The molecule has 7 heteroatoms. The Bertz CT molecular complexity index is 94.9. The Morgan fingerprint density at radius 2 is 1.14 bits per heavy atom. The molecule has 0 saturated carbocycles. The van der Waals surface area contributed by atoms with Crippen molar-refractivity contribution in [2.45, 2.75) is 0 Å². The largest absolute Gasteiger partial charge is 2.00 e. The molecule has 0 aliphatic rings. The van der Waals surface area contributed by atoms with E-state index in [1.807, 2.05) is 0 Å². The molecule has 0 rings (SSSR count). The first kappa shape index (κ1) is 15.7. The van der Waals surface area contributed by atoms with Crippen molar-refractivity contribution in [2.24, 2.45) is 0 Å². The summed E-state index contributed by atoms with van der Waals surface area (Å²) in [5.41, 5.74) is 0. The quantitative estimate of drug-likeness (QED) is 0.287. The van der Waals surface area contributed by atoms with Gasteiger partial charge in [0.25, 0.3) is 0 Å². The maximum atomic E-state index is 8.52. The van der Waals surface area contributed by atoms with Crippen molar-refractivity contribution in [3.8, 4) is 0 Å². The first-order valence-corrected chi connectivity index (χ1v) is 2.00. The second kappa shape index (κ2) is 5.14. The zero-order valence-electron chi connectivity index (χ0n) is 3.08. The fourth-order valence-electron chi connectivity index (χ4n) is 0. The van der Waals surface area contributed by atoms with Crippen molar-refractivity contribution >= 4 is 10.4 Å². The van der Waals surface area contributed by atoms with Crippen LogP contribution in [0.2, 0.25) is 0 Å². The summed E-state index contributed by atoms with van der Waals surface area (Å²) in [5, 5.41) is 0. The molecule has 0 N–H and O–H groups in total. The summed E-state index contributed by atoms with van der Waals surface area (Å²) in [6.45, 7) is 0. The summed E-state index contributed by atoms with van der Waals surface area (Å²) in [6, 6.07) is 0. The van der Waals surface area contributed by atoms with Crippen LogP contribution in [-0.2, 0) is 46.7 Å². The van der Waals surface area contributed by atoms with Crippen molar-refractivity contribution < 1.29 is 53.8 Å². The third-order valence-electron chi connectivity index (χ3n) is 0. The molecule has 0 aliphatic heterocycles. The van der Waals surface area contributed by atoms with E-state index in [2.05, 4.69) is 0 Å². The van der Waals surface area contributed by atoms with Gasteiger partial charge in [-0.1, -0.05) is 0 Å². The van der Waals surface area contributed by atoms with Crippen molar-refractivity contribution in [1.29, 1.82) is 0 Å². The van der Waals surface area contributed by atoms with Gasteiger partial charge in [0.1, 0.15) is 0 Å². The minimum Gasteiger partial charge on any atom is -0.759 e. The molecule has 0 aromatic carbocycles. The Labute approximate surface area is 64.2 Å². The maximum absolute atomic E-state index is 8.52. The minimum absolute atomic E-state index is 0. The standard InChI is InChI=1S/Co.H2O4S.Zn/c;1-5(2,3)4;/h;(H2,1,2,3,4);/q+2;;/p-2. The van der Waals surface area contributed by atoms with Crippen molar-refractivity contribution in [2.75, 3.05) is 0 Å². The molecule has 0 atom stereocenters. The zero-order valence-corrected chi connectivity index (χ0v) is 7.91. The summed E-state index contributed by atoms with van der Waals surface area (Å²) < 4.78 is 34.1. The van der Waals surface area contributed by atoms with Crippen LogP contribution in [-0.4, -0.2) is 17.5 Å². The van der Waals surface area contributed by atoms with Crippen molar-refractivity contribution in [1.82, 2.24) is 0 Å². The monoisotopic (exact) mass is 219 g/mol. The molecular formula is CoO4SZn. The molecule has 41 valence electrons. The summed E-state index contributed by atoms with van der Waals surface area (Å²) >= 11 is 0. The van der Waals surface area contributed by atoms with Gasteiger partial charge in [0.2, 0.25) is 0 Å². The van der Waals surface area contributed by atoms with Gasteiger partial charge in [0.15, 0.2) is 0 Å².